The molecule has 1 amide bonds. The molecule has 2 atom stereocenters. The first-order valence-corrected chi connectivity index (χ1v) is 8.19. The van der Waals surface area contributed by atoms with Gasteiger partial charge in [0.2, 0.25) is 5.91 Å². The van der Waals surface area contributed by atoms with Crippen molar-refractivity contribution in [1.29, 1.82) is 0 Å². The number of nitrogens with one attached hydrogen (secondary N) is 1. The molecule has 2 unspecified atom stereocenters. The van der Waals surface area contributed by atoms with E-state index in [1.54, 1.807) is 0 Å². The van der Waals surface area contributed by atoms with Crippen LogP contribution in [0, 0.1) is 17.8 Å². The van der Waals surface area contributed by atoms with Crippen molar-refractivity contribution >= 4 is 5.91 Å². The van der Waals surface area contributed by atoms with Crippen LogP contribution in [0.4, 0.5) is 0 Å². The molecule has 3 heteroatoms. The van der Waals surface area contributed by atoms with E-state index in [2.05, 4.69) is 24.1 Å². The van der Waals surface area contributed by atoms with Crippen LogP contribution in [0.3, 0.4) is 0 Å². The van der Waals surface area contributed by atoms with Crippen molar-refractivity contribution in [2.45, 2.75) is 52.4 Å². The number of piperidine rings is 2. The molecule has 2 rings (SSSR count). The predicted octanol–water partition coefficient (Wildman–Crippen LogP) is 2.66. The zero-order valence-electron chi connectivity index (χ0n) is 12.7. The van der Waals surface area contributed by atoms with Crippen molar-refractivity contribution in [2.75, 3.05) is 26.2 Å². The topological polar surface area (TPSA) is 32.3 Å². The third-order valence-corrected chi connectivity index (χ3v) is 5.18. The van der Waals surface area contributed by atoms with Gasteiger partial charge in [0.1, 0.15) is 0 Å². The molecular weight excluding hydrogens is 236 g/mol. The lowest BCUT2D eigenvalue weighted by molar-refractivity contribution is -0.134. The third kappa shape index (κ3) is 4.20. The summed E-state index contributed by atoms with van der Waals surface area (Å²) >= 11 is 0. The van der Waals surface area contributed by atoms with Gasteiger partial charge in [-0.1, -0.05) is 20.3 Å². The Labute approximate surface area is 118 Å². The van der Waals surface area contributed by atoms with Crippen molar-refractivity contribution in [2.24, 2.45) is 17.8 Å². The Bertz CT molecular complexity index is 278. The van der Waals surface area contributed by atoms with Gasteiger partial charge in [0, 0.05) is 19.5 Å². The van der Waals surface area contributed by atoms with Gasteiger partial charge in [0.05, 0.1) is 0 Å². The van der Waals surface area contributed by atoms with Gasteiger partial charge in [0.25, 0.3) is 0 Å². The molecule has 1 N–H and O–H groups in total. The summed E-state index contributed by atoms with van der Waals surface area (Å²) in [6.07, 6.45) is 7.00. The van der Waals surface area contributed by atoms with Gasteiger partial charge in [-0.25, -0.2) is 0 Å². The molecule has 2 saturated heterocycles. The second-order valence-electron chi connectivity index (χ2n) is 6.52. The molecular formula is C16H30N2O. The van der Waals surface area contributed by atoms with Crippen LogP contribution in [-0.4, -0.2) is 37.0 Å². The molecule has 3 nitrogen and oxygen atoms in total. The molecule has 0 aliphatic carbocycles. The Morgan fingerprint density at radius 1 is 1.32 bits per heavy atom. The van der Waals surface area contributed by atoms with E-state index in [0.717, 1.165) is 38.5 Å². The number of amides is 1. The van der Waals surface area contributed by atoms with Gasteiger partial charge in [-0.3, -0.25) is 4.79 Å². The Hall–Kier alpha value is -0.570. The Morgan fingerprint density at radius 2 is 2.05 bits per heavy atom. The number of hydrogen-bond acceptors (Lipinski definition) is 2. The van der Waals surface area contributed by atoms with E-state index in [1.807, 2.05) is 0 Å². The van der Waals surface area contributed by atoms with E-state index in [-0.39, 0.29) is 0 Å². The first-order chi connectivity index (χ1) is 9.20. The van der Waals surface area contributed by atoms with Crippen molar-refractivity contribution in [1.82, 2.24) is 10.2 Å². The highest BCUT2D eigenvalue weighted by atomic mass is 16.2. The van der Waals surface area contributed by atoms with Crippen molar-refractivity contribution in [3.63, 3.8) is 0 Å². The minimum atomic E-state index is 0.396. The van der Waals surface area contributed by atoms with Crippen molar-refractivity contribution in [3.05, 3.63) is 0 Å². The highest BCUT2D eigenvalue weighted by Crippen LogP contribution is 2.25. The maximum Gasteiger partial charge on any atom is 0.222 e. The van der Waals surface area contributed by atoms with Crippen LogP contribution in [0.25, 0.3) is 0 Å². The Morgan fingerprint density at radius 3 is 2.63 bits per heavy atom. The normalized spacial score (nSPS) is 27.3. The van der Waals surface area contributed by atoms with Crippen LogP contribution in [0.15, 0.2) is 0 Å². The van der Waals surface area contributed by atoms with Crippen LogP contribution in [-0.2, 0) is 4.79 Å². The fourth-order valence-electron chi connectivity index (χ4n) is 3.53. The van der Waals surface area contributed by atoms with Gasteiger partial charge in [-0.05, 0) is 56.5 Å². The fraction of sp³-hybridized carbons (Fsp3) is 0.938. The average Bonchev–Trinajstić information content (AvgIpc) is 2.48. The lowest BCUT2D eigenvalue weighted by Gasteiger charge is -2.34. The predicted molar refractivity (Wildman–Crippen MR) is 79.0 cm³/mol. The molecule has 2 fully saturated rings. The zero-order chi connectivity index (χ0) is 13.7. The average molecular weight is 266 g/mol. The van der Waals surface area contributed by atoms with Crippen LogP contribution >= 0.6 is 0 Å². The number of carbonyl (C=O) groups excluding carboxylic acids is 1. The van der Waals surface area contributed by atoms with E-state index in [0.29, 0.717) is 17.7 Å². The molecule has 2 heterocycles. The molecule has 0 radical (unpaired) electrons. The summed E-state index contributed by atoms with van der Waals surface area (Å²) in [4.78, 5) is 14.5. The summed E-state index contributed by atoms with van der Waals surface area (Å²) in [6.45, 7) is 8.77. The molecule has 0 saturated carbocycles. The van der Waals surface area contributed by atoms with E-state index in [9.17, 15) is 4.79 Å². The maximum absolute atomic E-state index is 12.4. The Kier molecular flexibility index (Phi) is 5.68. The van der Waals surface area contributed by atoms with Gasteiger partial charge < -0.3 is 10.2 Å². The highest BCUT2D eigenvalue weighted by Gasteiger charge is 2.26. The molecule has 110 valence electrons. The highest BCUT2D eigenvalue weighted by molar-refractivity contribution is 5.76. The van der Waals surface area contributed by atoms with Gasteiger partial charge in [-0.2, -0.15) is 0 Å². The minimum Gasteiger partial charge on any atom is -0.343 e. The molecule has 0 aromatic rings. The van der Waals surface area contributed by atoms with E-state index in [4.69, 9.17) is 0 Å². The number of rotatable bonds is 4. The molecule has 0 aromatic carbocycles. The van der Waals surface area contributed by atoms with Crippen LogP contribution in [0.5, 0.6) is 0 Å². The summed E-state index contributed by atoms with van der Waals surface area (Å²) in [7, 11) is 0. The third-order valence-electron chi connectivity index (χ3n) is 5.18. The van der Waals surface area contributed by atoms with Crippen LogP contribution in [0.2, 0.25) is 0 Å². The first-order valence-electron chi connectivity index (χ1n) is 8.19. The van der Waals surface area contributed by atoms with Gasteiger partial charge in [-0.15, -0.1) is 0 Å². The summed E-state index contributed by atoms with van der Waals surface area (Å²) in [5.41, 5.74) is 0. The molecule has 0 bridgehead atoms. The molecule has 0 aromatic heterocycles. The van der Waals surface area contributed by atoms with Gasteiger partial charge in [0.15, 0.2) is 0 Å². The second kappa shape index (κ2) is 7.28. The van der Waals surface area contributed by atoms with Gasteiger partial charge >= 0.3 is 0 Å². The standard InChI is InChI=1S/C16H30N2O/c1-3-14-6-9-18(10-7-14)16(19)11-13(2)15-5-4-8-17-12-15/h13-15,17H,3-12H2,1-2H3. The van der Waals surface area contributed by atoms with Crippen LogP contribution < -0.4 is 5.32 Å². The molecule has 0 spiro atoms. The minimum absolute atomic E-state index is 0.396. The second-order valence-corrected chi connectivity index (χ2v) is 6.52. The molecule has 19 heavy (non-hydrogen) atoms. The Balaban J connectivity index is 1.74. The molecule has 2 aliphatic rings. The SMILES string of the molecule is CCC1CCN(C(=O)CC(C)C2CCCNC2)CC1. The largest absolute Gasteiger partial charge is 0.343 e. The van der Waals surface area contributed by atoms with E-state index < -0.39 is 0 Å². The first kappa shape index (κ1) is 14.8. The van der Waals surface area contributed by atoms with E-state index in [1.165, 1.54) is 32.1 Å². The molecule has 2 aliphatic heterocycles. The summed E-state index contributed by atoms with van der Waals surface area (Å²) in [6, 6.07) is 0. The van der Waals surface area contributed by atoms with Crippen molar-refractivity contribution < 1.29 is 4.79 Å². The smallest absolute Gasteiger partial charge is 0.222 e. The quantitative estimate of drug-likeness (QED) is 0.848. The lowest BCUT2D eigenvalue weighted by Crippen LogP contribution is -2.40. The number of likely N-dealkylation sites (tertiary alicyclic amines) is 1. The maximum atomic E-state index is 12.4. The number of nitrogens with zero attached hydrogens (tertiary/aromatic N) is 1. The zero-order valence-corrected chi connectivity index (χ0v) is 12.7. The fourth-order valence-corrected chi connectivity index (χ4v) is 3.53. The van der Waals surface area contributed by atoms with Crippen LogP contribution in [0.1, 0.15) is 52.4 Å². The van der Waals surface area contributed by atoms with E-state index >= 15 is 0 Å². The number of carbonyl (C=O) groups is 1. The lowest BCUT2D eigenvalue weighted by atomic mass is 9.85. The number of hydrogen-bond donors (Lipinski definition) is 1. The summed E-state index contributed by atoms with van der Waals surface area (Å²) in [5, 5.41) is 3.46. The van der Waals surface area contributed by atoms with Crippen molar-refractivity contribution in [3.8, 4) is 0 Å². The summed E-state index contributed by atoms with van der Waals surface area (Å²) in [5.74, 6) is 2.48. The monoisotopic (exact) mass is 266 g/mol. The summed E-state index contributed by atoms with van der Waals surface area (Å²) < 4.78 is 0.